The average Bonchev–Trinajstić information content (AvgIpc) is 3.51. The van der Waals surface area contributed by atoms with Crippen molar-refractivity contribution in [3.8, 4) is 5.88 Å². The molecular weight excluding hydrogens is 493 g/mol. The van der Waals surface area contributed by atoms with E-state index in [0.717, 1.165) is 57.1 Å². The van der Waals surface area contributed by atoms with Crippen LogP contribution in [-0.4, -0.2) is 38.9 Å². The predicted molar refractivity (Wildman–Crippen MR) is 139 cm³/mol. The second kappa shape index (κ2) is 10.3. The first-order valence-electron chi connectivity index (χ1n) is 11.7. The molecule has 34 heavy (non-hydrogen) atoms. The first-order valence-corrected chi connectivity index (χ1v) is 12.4. The number of aromatic nitrogens is 4. The zero-order chi connectivity index (χ0) is 23.0. The minimum absolute atomic E-state index is 0. The summed E-state index contributed by atoms with van der Waals surface area (Å²) >= 11 is 12.2. The van der Waals surface area contributed by atoms with Gasteiger partial charge in [-0.05, 0) is 30.4 Å². The number of anilines is 1. The van der Waals surface area contributed by atoms with Gasteiger partial charge < -0.3 is 9.64 Å². The third-order valence-corrected chi connectivity index (χ3v) is 7.04. The number of nitrogens with zero attached hydrogens (tertiary/aromatic N) is 5. The Labute approximate surface area is 217 Å². The van der Waals surface area contributed by atoms with E-state index >= 15 is 0 Å². The normalized spacial score (nSPS) is 17.5. The minimum atomic E-state index is -0.000164. The summed E-state index contributed by atoms with van der Waals surface area (Å²) in [6.07, 6.45) is 5.61. The van der Waals surface area contributed by atoms with E-state index in [2.05, 4.69) is 58.6 Å². The maximum absolute atomic E-state index is 6.24. The second-order valence-corrected chi connectivity index (χ2v) is 10.4. The van der Waals surface area contributed by atoms with E-state index in [1.807, 2.05) is 0 Å². The van der Waals surface area contributed by atoms with Crippen molar-refractivity contribution < 1.29 is 4.74 Å². The molecule has 1 saturated heterocycles. The Morgan fingerprint density at radius 2 is 1.79 bits per heavy atom. The molecule has 5 rings (SSSR count). The molecule has 0 atom stereocenters. The van der Waals surface area contributed by atoms with Gasteiger partial charge in [-0.2, -0.15) is 0 Å². The number of rotatable bonds is 7. The molecule has 182 valence electrons. The molecular formula is C25H30Cl3N5O. The van der Waals surface area contributed by atoms with Gasteiger partial charge in [0, 0.05) is 38.7 Å². The van der Waals surface area contributed by atoms with Crippen LogP contribution >= 0.6 is 35.6 Å². The predicted octanol–water partition coefficient (Wildman–Crippen LogP) is 6.19. The quantitative estimate of drug-likeness (QED) is 0.370. The van der Waals surface area contributed by atoms with Gasteiger partial charge in [-0.1, -0.05) is 67.4 Å². The lowest BCUT2D eigenvalue weighted by atomic mass is 9.95. The Hall–Kier alpha value is -2.02. The molecule has 0 unspecified atom stereocenters. The maximum atomic E-state index is 6.24. The molecule has 2 aliphatic rings. The topological polar surface area (TPSA) is 56.1 Å². The number of hydrogen-bond acceptors (Lipinski definition) is 5. The highest BCUT2D eigenvalue weighted by Crippen LogP contribution is 2.53. The van der Waals surface area contributed by atoms with Crippen LogP contribution in [0, 0.1) is 5.92 Å². The highest BCUT2D eigenvalue weighted by molar-refractivity contribution is 6.35. The summed E-state index contributed by atoms with van der Waals surface area (Å²) in [5.74, 6) is 3.03. The van der Waals surface area contributed by atoms with Gasteiger partial charge in [-0.15, -0.1) is 22.6 Å². The van der Waals surface area contributed by atoms with Crippen LogP contribution in [0.3, 0.4) is 0 Å². The summed E-state index contributed by atoms with van der Waals surface area (Å²) in [6.45, 7) is 7.11. The molecule has 1 aliphatic carbocycles. The summed E-state index contributed by atoms with van der Waals surface area (Å²) < 4.78 is 8.44. The van der Waals surface area contributed by atoms with E-state index in [1.165, 1.54) is 5.56 Å². The third-order valence-electron chi connectivity index (χ3n) is 6.56. The van der Waals surface area contributed by atoms with E-state index in [9.17, 15) is 0 Å². The fourth-order valence-corrected chi connectivity index (χ4v) is 5.18. The Morgan fingerprint density at radius 3 is 2.41 bits per heavy atom. The maximum Gasteiger partial charge on any atom is 0.232 e. The highest BCUT2D eigenvalue weighted by atomic mass is 35.5. The standard InChI is InChI=1S/C25H29Cl2N5O.ClH/c1-17(2)16-32-23(25(10-11-25)18-6-4-3-5-7-18)29-30-24(32)31-12-8-20(9-13-31)33-22-21(27)14-19(26)15-28-22;/h3-7,14-15,17,20H,8-13,16H2,1-2H3;1H. The van der Waals surface area contributed by atoms with E-state index in [1.54, 1.807) is 12.3 Å². The lowest BCUT2D eigenvalue weighted by Crippen LogP contribution is -2.40. The molecule has 3 aromatic rings. The molecule has 1 aliphatic heterocycles. The average molecular weight is 523 g/mol. The van der Waals surface area contributed by atoms with E-state index in [4.69, 9.17) is 38.1 Å². The number of hydrogen-bond donors (Lipinski definition) is 0. The van der Waals surface area contributed by atoms with Crippen LogP contribution in [0.15, 0.2) is 42.6 Å². The lowest BCUT2D eigenvalue weighted by molar-refractivity contribution is 0.163. The lowest BCUT2D eigenvalue weighted by Gasteiger charge is -2.33. The van der Waals surface area contributed by atoms with Crippen molar-refractivity contribution in [2.24, 2.45) is 5.92 Å². The van der Waals surface area contributed by atoms with Crippen LogP contribution in [0.1, 0.15) is 50.9 Å². The molecule has 1 aromatic carbocycles. The molecule has 6 nitrogen and oxygen atoms in total. The fourth-order valence-electron chi connectivity index (χ4n) is 4.76. The molecule has 3 heterocycles. The zero-order valence-electron chi connectivity index (χ0n) is 19.5. The van der Waals surface area contributed by atoms with Gasteiger partial charge in [0.1, 0.15) is 17.0 Å². The van der Waals surface area contributed by atoms with E-state index in [0.29, 0.717) is 21.8 Å². The van der Waals surface area contributed by atoms with Gasteiger partial charge in [0.2, 0.25) is 11.8 Å². The van der Waals surface area contributed by atoms with Crippen molar-refractivity contribution in [2.45, 2.75) is 57.6 Å². The third kappa shape index (κ3) is 5.00. The minimum Gasteiger partial charge on any atom is -0.473 e. The fraction of sp³-hybridized carbons (Fsp3) is 0.480. The molecule has 2 fully saturated rings. The number of halogens is 3. The first kappa shape index (κ1) is 25.1. The monoisotopic (exact) mass is 521 g/mol. The Balaban J connectivity index is 0.00000274. The van der Waals surface area contributed by atoms with E-state index in [-0.39, 0.29) is 23.9 Å². The molecule has 0 radical (unpaired) electrons. The number of ether oxygens (including phenoxy) is 1. The second-order valence-electron chi connectivity index (χ2n) is 9.52. The van der Waals surface area contributed by atoms with Gasteiger partial charge in [-0.3, -0.25) is 4.57 Å². The van der Waals surface area contributed by atoms with Crippen molar-refractivity contribution in [3.63, 3.8) is 0 Å². The van der Waals surface area contributed by atoms with Gasteiger partial charge in [-0.25, -0.2) is 4.98 Å². The molecule has 0 spiro atoms. The van der Waals surface area contributed by atoms with Crippen molar-refractivity contribution in [1.82, 2.24) is 19.7 Å². The Morgan fingerprint density at radius 1 is 1.09 bits per heavy atom. The SMILES string of the molecule is CC(C)Cn1c(N2CCC(Oc3ncc(Cl)cc3Cl)CC2)nnc1C1(c2ccccc2)CC1.Cl. The first-order chi connectivity index (χ1) is 16.0. The molecule has 2 aromatic heterocycles. The largest absolute Gasteiger partial charge is 0.473 e. The molecule has 9 heteroatoms. The number of benzene rings is 1. The molecule has 0 bridgehead atoms. The number of pyridine rings is 1. The molecule has 0 amide bonds. The van der Waals surface area contributed by atoms with Crippen LogP contribution in [-0.2, 0) is 12.0 Å². The summed E-state index contributed by atoms with van der Waals surface area (Å²) in [5, 5.41) is 10.4. The van der Waals surface area contributed by atoms with Gasteiger partial charge in [0.05, 0.1) is 10.4 Å². The number of piperidine rings is 1. The van der Waals surface area contributed by atoms with Crippen molar-refractivity contribution >= 4 is 41.6 Å². The van der Waals surface area contributed by atoms with Crippen LogP contribution in [0.2, 0.25) is 10.0 Å². The summed E-state index contributed by atoms with van der Waals surface area (Å²) in [6, 6.07) is 12.4. The van der Waals surface area contributed by atoms with Gasteiger partial charge >= 0.3 is 0 Å². The van der Waals surface area contributed by atoms with E-state index < -0.39 is 0 Å². The smallest absolute Gasteiger partial charge is 0.232 e. The van der Waals surface area contributed by atoms with Gasteiger partial charge in [0.15, 0.2) is 0 Å². The Kier molecular flexibility index (Phi) is 7.60. The summed E-state index contributed by atoms with van der Waals surface area (Å²) in [7, 11) is 0. The molecule has 1 saturated carbocycles. The van der Waals surface area contributed by atoms with Crippen molar-refractivity contribution in [3.05, 3.63) is 64.0 Å². The van der Waals surface area contributed by atoms with Crippen LogP contribution in [0.4, 0.5) is 5.95 Å². The van der Waals surface area contributed by atoms with Crippen molar-refractivity contribution in [2.75, 3.05) is 18.0 Å². The van der Waals surface area contributed by atoms with Gasteiger partial charge in [0.25, 0.3) is 0 Å². The Bertz CT molecular complexity index is 1110. The van der Waals surface area contributed by atoms with Crippen molar-refractivity contribution in [1.29, 1.82) is 0 Å². The summed E-state index contributed by atoms with van der Waals surface area (Å²) in [4.78, 5) is 6.58. The highest BCUT2D eigenvalue weighted by Gasteiger charge is 2.50. The zero-order valence-corrected chi connectivity index (χ0v) is 21.8. The van der Waals surface area contributed by atoms with Crippen LogP contribution < -0.4 is 9.64 Å². The van der Waals surface area contributed by atoms with Crippen LogP contribution in [0.25, 0.3) is 0 Å². The summed E-state index contributed by atoms with van der Waals surface area (Å²) in [5.41, 5.74) is 1.34. The molecule has 0 N–H and O–H groups in total. The van der Waals surface area contributed by atoms with Crippen LogP contribution in [0.5, 0.6) is 5.88 Å².